The van der Waals surface area contributed by atoms with Crippen molar-refractivity contribution in [2.24, 2.45) is 5.92 Å². The van der Waals surface area contributed by atoms with E-state index in [1.54, 1.807) is 7.11 Å². The molecule has 1 aromatic rings. The monoisotopic (exact) mass is 359 g/mol. The average Bonchev–Trinajstić information content (AvgIpc) is 3.36. The number of hydrogen-bond donors (Lipinski definition) is 0. The molecule has 2 heterocycles. The number of amides is 1. The third-order valence-corrected chi connectivity index (χ3v) is 6.26. The lowest BCUT2D eigenvalue weighted by atomic mass is 9.83. The minimum Gasteiger partial charge on any atom is -0.497 e. The zero-order valence-corrected chi connectivity index (χ0v) is 15.6. The molecule has 0 radical (unpaired) electrons. The number of benzene rings is 1. The van der Waals surface area contributed by atoms with Crippen LogP contribution in [0.2, 0.25) is 0 Å². The lowest BCUT2D eigenvalue weighted by Crippen LogP contribution is -2.49. The summed E-state index contributed by atoms with van der Waals surface area (Å²) in [4.78, 5) is 15.5. The molecule has 3 aliphatic rings. The molecule has 1 amide bonds. The first kappa shape index (κ1) is 17.8. The molecule has 0 N–H and O–H groups in total. The highest BCUT2D eigenvalue weighted by Crippen LogP contribution is 2.40. The molecular weight excluding hydrogens is 330 g/mol. The molecule has 2 saturated heterocycles. The van der Waals surface area contributed by atoms with Gasteiger partial charge in [-0.1, -0.05) is 25.0 Å². The molecule has 4 rings (SSSR count). The lowest BCUT2D eigenvalue weighted by molar-refractivity contribution is -0.188. The molecule has 1 saturated carbocycles. The van der Waals surface area contributed by atoms with Crippen LogP contribution in [0.4, 0.5) is 0 Å². The van der Waals surface area contributed by atoms with Crippen LogP contribution in [0.15, 0.2) is 24.3 Å². The number of rotatable bonds is 4. The first-order valence-electron chi connectivity index (χ1n) is 9.91. The van der Waals surface area contributed by atoms with Gasteiger partial charge in [0.15, 0.2) is 5.79 Å². The van der Waals surface area contributed by atoms with Gasteiger partial charge in [0.2, 0.25) is 5.91 Å². The lowest BCUT2D eigenvalue weighted by Gasteiger charge is -2.39. The molecule has 26 heavy (non-hydrogen) atoms. The summed E-state index contributed by atoms with van der Waals surface area (Å²) in [6, 6.07) is 8.06. The molecule has 0 aromatic heterocycles. The maximum absolute atomic E-state index is 13.5. The Kier molecular flexibility index (Phi) is 5.18. The average molecular weight is 359 g/mol. The molecule has 1 aromatic carbocycles. The van der Waals surface area contributed by atoms with Crippen molar-refractivity contribution in [1.82, 2.24) is 4.90 Å². The summed E-state index contributed by atoms with van der Waals surface area (Å²) in [6.07, 6.45) is 6.31. The predicted octanol–water partition coefficient (Wildman–Crippen LogP) is 3.33. The Labute approximate surface area is 155 Å². The SMILES string of the molecule is COc1ccc(C(C(=O)N2CCC3(CC2)OCCO3)C2CCCC2)cc1. The highest BCUT2D eigenvalue weighted by molar-refractivity contribution is 5.84. The predicted molar refractivity (Wildman–Crippen MR) is 98.1 cm³/mol. The zero-order valence-electron chi connectivity index (χ0n) is 15.6. The van der Waals surface area contributed by atoms with Crippen molar-refractivity contribution < 1.29 is 19.0 Å². The number of carbonyl (C=O) groups is 1. The smallest absolute Gasteiger partial charge is 0.230 e. The Hall–Kier alpha value is -1.59. The number of hydrogen-bond acceptors (Lipinski definition) is 4. The molecule has 1 aliphatic carbocycles. The highest BCUT2D eigenvalue weighted by atomic mass is 16.7. The number of ether oxygens (including phenoxy) is 3. The van der Waals surface area contributed by atoms with E-state index < -0.39 is 5.79 Å². The van der Waals surface area contributed by atoms with Gasteiger partial charge in [-0.15, -0.1) is 0 Å². The summed E-state index contributed by atoms with van der Waals surface area (Å²) < 4.78 is 16.9. The van der Waals surface area contributed by atoms with E-state index in [0.717, 1.165) is 50.1 Å². The van der Waals surface area contributed by atoms with Crippen molar-refractivity contribution in [3.63, 3.8) is 0 Å². The summed E-state index contributed by atoms with van der Waals surface area (Å²) in [7, 11) is 1.67. The van der Waals surface area contributed by atoms with Crippen LogP contribution in [-0.4, -0.2) is 50.0 Å². The molecule has 1 spiro atoms. The van der Waals surface area contributed by atoms with Crippen molar-refractivity contribution in [3.05, 3.63) is 29.8 Å². The van der Waals surface area contributed by atoms with Gasteiger partial charge >= 0.3 is 0 Å². The molecule has 2 aliphatic heterocycles. The highest BCUT2D eigenvalue weighted by Gasteiger charge is 2.43. The second-order valence-corrected chi connectivity index (χ2v) is 7.73. The van der Waals surface area contributed by atoms with E-state index >= 15 is 0 Å². The minimum absolute atomic E-state index is 0.0390. The first-order chi connectivity index (χ1) is 12.7. The van der Waals surface area contributed by atoms with Crippen molar-refractivity contribution >= 4 is 5.91 Å². The molecular formula is C21H29NO4. The first-order valence-corrected chi connectivity index (χ1v) is 9.91. The van der Waals surface area contributed by atoms with Gasteiger partial charge in [0.05, 0.1) is 26.2 Å². The van der Waals surface area contributed by atoms with Crippen LogP contribution in [0, 0.1) is 5.92 Å². The Balaban J connectivity index is 1.50. The Bertz CT molecular complexity index is 607. The van der Waals surface area contributed by atoms with E-state index in [1.165, 1.54) is 12.8 Å². The molecule has 0 bridgehead atoms. The van der Waals surface area contributed by atoms with Crippen LogP contribution in [0.5, 0.6) is 5.75 Å². The van der Waals surface area contributed by atoms with E-state index in [-0.39, 0.29) is 11.8 Å². The van der Waals surface area contributed by atoms with E-state index in [4.69, 9.17) is 14.2 Å². The van der Waals surface area contributed by atoms with Gasteiger partial charge in [-0.25, -0.2) is 0 Å². The summed E-state index contributed by atoms with van der Waals surface area (Å²) in [5, 5.41) is 0. The zero-order chi connectivity index (χ0) is 18.0. The molecule has 3 fully saturated rings. The Morgan fingerprint density at radius 1 is 1.12 bits per heavy atom. The normalized spacial score (nSPS) is 24.1. The quantitative estimate of drug-likeness (QED) is 0.827. The van der Waals surface area contributed by atoms with E-state index in [1.807, 2.05) is 17.0 Å². The molecule has 1 unspecified atom stereocenters. The van der Waals surface area contributed by atoms with E-state index in [2.05, 4.69) is 12.1 Å². The Morgan fingerprint density at radius 2 is 1.73 bits per heavy atom. The van der Waals surface area contributed by atoms with Crippen LogP contribution >= 0.6 is 0 Å². The summed E-state index contributed by atoms with van der Waals surface area (Å²) >= 11 is 0. The van der Waals surface area contributed by atoms with E-state index in [0.29, 0.717) is 19.1 Å². The van der Waals surface area contributed by atoms with Gasteiger partial charge in [0, 0.05) is 25.9 Å². The van der Waals surface area contributed by atoms with Gasteiger partial charge in [0.25, 0.3) is 0 Å². The second-order valence-electron chi connectivity index (χ2n) is 7.73. The number of carbonyl (C=O) groups excluding carboxylic acids is 1. The number of methoxy groups -OCH3 is 1. The molecule has 5 nitrogen and oxygen atoms in total. The largest absolute Gasteiger partial charge is 0.497 e. The van der Waals surface area contributed by atoms with E-state index in [9.17, 15) is 4.79 Å². The third-order valence-electron chi connectivity index (χ3n) is 6.26. The fourth-order valence-electron chi connectivity index (χ4n) is 4.77. The van der Waals surface area contributed by atoms with Gasteiger partial charge in [-0.2, -0.15) is 0 Å². The van der Waals surface area contributed by atoms with Crippen molar-refractivity contribution in [1.29, 1.82) is 0 Å². The number of piperidine rings is 1. The third kappa shape index (κ3) is 3.47. The minimum atomic E-state index is -0.431. The van der Waals surface area contributed by atoms with Crippen molar-refractivity contribution in [2.45, 2.75) is 50.2 Å². The van der Waals surface area contributed by atoms with Gasteiger partial charge in [-0.3, -0.25) is 4.79 Å². The topological polar surface area (TPSA) is 48.0 Å². The summed E-state index contributed by atoms with van der Waals surface area (Å²) in [6.45, 7) is 2.78. The van der Waals surface area contributed by atoms with Crippen LogP contribution in [0.25, 0.3) is 0 Å². The van der Waals surface area contributed by atoms with Crippen LogP contribution in [-0.2, 0) is 14.3 Å². The van der Waals surface area contributed by atoms with Crippen LogP contribution < -0.4 is 4.74 Å². The maximum atomic E-state index is 13.5. The van der Waals surface area contributed by atoms with Crippen LogP contribution in [0.1, 0.15) is 50.0 Å². The van der Waals surface area contributed by atoms with Crippen molar-refractivity contribution in [3.8, 4) is 5.75 Å². The fraction of sp³-hybridized carbons (Fsp3) is 0.667. The summed E-state index contributed by atoms with van der Waals surface area (Å²) in [5.74, 6) is 1.09. The number of likely N-dealkylation sites (tertiary alicyclic amines) is 1. The molecule has 5 heteroatoms. The maximum Gasteiger partial charge on any atom is 0.230 e. The number of nitrogens with zero attached hydrogens (tertiary/aromatic N) is 1. The van der Waals surface area contributed by atoms with Crippen LogP contribution in [0.3, 0.4) is 0 Å². The molecule has 142 valence electrons. The van der Waals surface area contributed by atoms with Crippen molar-refractivity contribution in [2.75, 3.05) is 33.4 Å². The summed E-state index contributed by atoms with van der Waals surface area (Å²) in [5.41, 5.74) is 1.12. The molecule has 1 atom stereocenters. The van der Waals surface area contributed by atoms with Gasteiger partial charge in [-0.05, 0) is 36.5 Å². The van der Waals surface area contributed by atoms with Gasteiger partial charge < -0.3 is 19.1 Å². The second kappa shape index (κ2) is 7.57. The fourth-order valence-corrected chi connectivity index (χ4v) is 4.77. The Morgan fingerprint density at radius 3 is 2.31 bits per heavy atom. The van der Waals surface area contributed by atoms with Gasteiger partial charge in [0.1, 0.15) is 5.75 Å². The standard InChI is InChI=1S/C21H29NO4/c1-24-18-8-6-17(7-9-18)19(16-4-2-3-5-16)20(23)22-12-10-21(11-13-22)25-14-15-26-21/h6-9,16,19H,2-5,10-15H2,1H3.